The van der Waals surface area contributed by atoms with Crippen LogP contribution in [0.15, 0.2) is 21.7 Å². The fourth-order valence-electron chi connectivity index (χ4n) is 4.20. The minimum absolute atomic E-state index is 0.0124. The minimum Gasteiger partial charge on any atom is -0.510 e. The molecule has 1 aliphatic rings. The fraction of sp³-hybridized carbons (Fsp3) is 0.481. The number of hydrogen-bond acceptors (Lipinski definition) is 12. The lowest BCUT2D eigenvalue weighted by atomic mass is 9.88. The fourth-order valence-corrected chi connectivity index (χ4v) is 6.61. The Morgan fingerprint density at radius 2 is 1.57 bits per heavy atom. The van der Waals surface area contributed by atoms with Gasteiger partial charge in [-0.2, -0.15) is 0 Å². The summed E-state index contributed by atoms with van der Waals surface area (Å²) in [5, 5.41) is 21.3. The molecule has 0 aliphatic heterocycles. The van der Waals surface area contributed by atoms with Crippen molar-refractivity contribution < 1.29 is 38.5 Å². The third kappa shape index (κ3) is 6.76. The summed E-state index contributed by atoms with van der Waals surface area (Å²) >= 11 is 2.15. The summed E-state index contributed by atoms with van der Waals surface area (Å²) in [6.45, 7) is 10.4. The Morgan fingerprint density at radius 1 is 0.975 bits per heavy atom. The molecule has 1 amide bonds. The zero-order valence-corrected chi connectivity index (χ0v) is 25.0. The second-order valence-corrected chi connectivity index (χ2v) is 11.1. The number of aliphatic hydroxyl groups is 1. The molecule has 2 N–H and O–H groups in total. The largest absolute Gasteiger partial charge is 0.510 e. The molecule has 13 heteroatoms. The van der Waals surface area contributed by atoms with Crippen LogP contribution in [-0.2, 0) is 31.8 Å². The molecule has 1 atom stereocenters. The molecule has 2 aromatic heterocycles. The van der Waals surface area contributed by atoms with E-state index in [0.717, 1.165) is 34.6 Å². The van der Waals surface area contributed by atoms with Crippen molar-refractivity contribution in [2.45, 2.75) is 60.8 Å². The van der Waals surface area contributed by atoms with Gasteiger partial charge in [0.05, 0.1) is 25.4 Å². The number of aliphatic hydroxyl groups excluding tert-OH is 1. The van der Waals surface area contributed by atoms with Crippen molar-refractivity contribution in [1.29, 1.82) is 0 Å². The zero-order valence-electron chi connectivity index (χ0n) is 23.3. The number of carbonyl (C=O) groups excluding carboxylic acids is 4. The molecule has 0 aromatic carbocycles. The van der Waals surface area contributed by atoms with Crippen molar-refractivity contribution in [3.63, 3.8) is 0 Å². The summed E-state index contributed by atoms with van der Waals surface area (Å²) in [6.07, 6.45) is 2.38. The number of hydrogen-bond donors (Lipinski definition) is 2. The van der Waals surface area contributed by atoms with E-state index in [1.165, 1.54) is 18.3 Å². The Balaban J connectivity index is 1.98. The van der Waals surface area contributed by atoms with Gasteiger partial charge < -0.3 is 24.6 Å². The molecule has 0 saturated carbocycles. The van der Waals surface area contributed by atoms with Crippen LogP contribution < -0.4 is 5.32 Å². The van der Waals surface area contributed by atoms with Crippen molar-refractivity contribution >= 4 is 56.5 Å². The van der Waals surface area contributed by atoms with Crippen molar-refractivity contribution in [1.82, 2.24) is 0 Å². The Kier molecular flexibility index (Phi) is 10.6. The average molecular weight is 592 g/mol. The van der Waals surface area contributed by atoms with Crippen molar-refractivity contribution in [3.05, 3.63) is 43.5 Å². The summed E-state index contributed by atoms with van der Waals surface area (Å²) in [5.74, 6) is -2.68. The minimum atomic E-state index is -0.808. The summed E-state index contributed by atoms with van der Waals surface area (Å²) < 4.78 is 15.4. The number of thiophene rings is 2. The van der Waals surface area contributed by atoms with Crippen LogP contribution in [0.25, 0.3) is 0 Å². The first-order valence-electron chi connectivity index (χ1n) is 13.0. The van der Waals surface area contributed by atoms with Gasteiger partial charge in [-0.05, 0) is 70.9 Å². The van der Waals surface area contributed by atoms with Gasteiger partial charge in [0, 0.05) is 4.88 Å². The van der Waals surface area contributed by atoms with Gasteiger partial charge in [-0.1, -0.05) is 6.92 Å². The van der Waals surface area contributed by atoms with Gasteiger partial charge in [-0.15, -0.1) is 32.9 Å². The van der Waals surface area contributed by atoms with Gasteiger partial charge in [0.15, 0.2) is 10.7 Å². The Hall–Kier alpha value is -3.58. The molecule has 0 saturated heterocycles. The van der Waals surface area contributed by atoms with E-state index in [0.29, 0.717) is 28.5 Å². The predicted molar refractivity (Wildman–Crippen MR) is 151 cm³/mol. The highest BCUT2D eigenvalue weighted by Crippen LogP contribution is 2.41. The van der Waals surface area contributed by atoms with Crippen LogP contribution in [0.4, 0.5) is 10.0 Å². The molecule has 0 bridgehead atoms. The molecule has 0 fully saturated rings. The third-order valence-corrected chi connectivity index (χ3v) is 8.41. The van der Waals surface area contributed by atoms with Crippen LogP contribution >= 0.6 is 22.7 Å². The van der Waals surface area contributed by atoms with Crippen LogP contribution in [0.5, 0.6) is 0 Å². The van der Waals surface area contributed by atoms with Gasteiger partial charge in [0.1, 0.15) is 21.2 Å². The highest BCUT2D eigenvalue weighted by atomic mass is 32.1. The SMILES string of the molecule is CCOC(=O)c1sc(N=N/C(C(=O)Nc2sc3c(c2C(=O)OCC)CCC(C)C3)=C(/C)O)c(C(=O)OCC)c1C. The van der Waals surface area contributed by atoms with Crippen LogP contribution in [0, 0.1) is 12.8 Å². The maximum absolute atomic E-state index is 13.3. The maximum atomic E-state index is 13.3. The van der Waals surface area contributed by atoms with Crippen LogP contribution in [-0.4, -0.2) is 48.7 Å². The number of nitrogens with zero attached hydrogens (tertiary/aromatic N) is 2. The lowest BCUT2D eigenvalue weighted by Crippen LogP contribution is -2.18. The number of azo groups is 1. The number of anilines is 1. The summed E-state index contributed by atoms with van der Waals surface area (Å²) in [5.41, 5.74) is 1.06. The van der Waals surface area contributed by atoms with E-state index in [2.05, 4.69) is 22.5 Å². The van der Waals surface area contributed by atoms with Gasteiger partial charge >= 0.3 is 17.9 Å². The second-order valence-electron chi connectivity index (χ2n) is 9.04. The van der Waals surface area contributed by atoms with Crippen LogP contribution in [0.2, 0.25) is 0 Å². The molecule has 1 unspecified atom stereocenters. The quantitative estimate of drug-likeness (QED) is 0.108. The molecule has 0 spiro atoms. The lowest BCUT2D eigenvalue weighted by molar-refractivity contribution is -0.113. The van der Waals surface area contributed by atoms with Gasteiger partial charge in [-0.3, -0.25) is 4.79 Å². The van der Waals surface area contributed by atoms with Gasteiger partial charge in [0.25, 0.3) is 5.91 Å². The summed E-state index contributed by atoms with van der Waals surface area (Å²) in [4.78, 5) is 52.3. The molecule has 2 aromatic rings. The Morgan fingerprint density at radius 3 is 2.17 bits per heavy atom. The number of esters is 3. The predicted octanol–water partition coefficient (Wildman–Crippen LogP) is 6.28. The zero-order chi connectivity index (χ0) is 29.6. The number of rotatable bonds is 10. The number of carbonyl (C=O) groups is 4. The smallest absolute Gasteiger partial charge is 0.348 e. The normalized spacial score (nSPS) is 15.3. The molecular formula is C27H33N3O8S2. The third-order valence-electron chi connectivity index (χ3n) is 6.09. The second kappa shape index (κ2) is 13.7. The topological polar surface area (TPSA) is 153 Å². The van der Waals surface area contributed by atoms with E-state index in [4.69, 9.17) is 14.2 Å². The van der Waals surface area contributed by atoms with Crippen molar-refractivity contribution in [2.24, 2.45) is 16.1 Å². The standard InChI is InChI=1S/C27H33N3O8S2/c1-7-36-25(33)18-14(5)21(27(35)38-9-3)40-24(18)30-29-20(15(6)31)22(32)28-23-19(26(34)37-8-2)16-11-10-13(4)12-17(16)39-23/h13,31H,7-12H2,1-6H3,(H,28,32)/b20-15-,30-29?. The van der Waals surface area contributed by atoms with E-state index >= 15 is 0 Å². The molecule has 1 aliphatic carbocycles. The van der Waals surface area contributed by atoms with E-state index < -0.39 is 35.3 Å². The number of allylic oxidation sites excluding steroid dienone is 1. The number of fused-ring (bicyclic) bond motifs is 1. The van der Waals surface area contributed by atoms with Crippen LogP contribution in [0.1, 0.15) is 87.4 Å². The molecule has 216 valence electrons. The first-order valence-corrected chi connectivity index (χ1v) is 14.6. The summed E-state index contributed by atoms with van der Waals surface area (Å²) in [6, 6.07) is 0. The Labute approximate surface area is 240 Å². The van der Waals surface area contributed by atoms with Gasteiger partial charge in [-0.25, -0.2) is 14.4 Å². The monoisotopic (exact) mass is 591 g/mol. The molecular weight excluding hydrogens is 558 g/mol. The summed E-state index contributed by atoms with van der Waals surface area (Å²) in [7, 11) is 0. The van der Waals surface area contributed by atoms with E-state index in [1.54, 1.807) is 27.7 Å². The Bertz CT molecular complexity index is 1370. The molecule has 3 rings (SSSR count). The number of amides is 1. The van der Waals surface area contributed by atoms with E-state index in [9.17, 15) is 24.3 Å². The van der Waals surface area contributed by atoms with Crippen molar-refractivity contribution in [2.75, 3.05) is 25.1 Å². The first-order chi connectivity index (χ1) is 19.0. The lowest BCUT2D eigenvalue weighted by Gasteiger charge is -2.18. The molecule has 2 heterocycles. The molecule has 40 heavy (non-hydrogen) atoms. The average Bonchev–Trinajstić information content (AvgIpc) is 3.40. The van der Waals surface area contributed by atoms with Crippen LogP contribution in [0.3, 0.4) is 0 Å². The van der Waals surface area contributed by atoms with Crippen molar-refractivity contribution in [3.8, 4) is 0 Å². The maximum Gasteiger partial charge on any atom is 0.348 e. The number of ether oxygens (including phenoxy) is 3. The van der Waals surface area contributed by atoms with E-state index in [-0.39, 0.29) is 35.3 Å². The van der Waals surface area contributed by atoms with Gasteiger partial charge in [0.2, 0.25) is 0 Å². The van der Waals surface area contributed by atoms with E-state index in [1.807, 2.05) is 0 Å². The molecule has 11 nitrogen and oxygen atoms in total. The highest BCUT2D eigenvalue weighted by Gasteiger charge is 2.30. The number of nitrogens with one attached hydrogen (secondary N) is 1. The molecule has 0 radical (unpaired) electrons. The highest BCUT2D eigenvalue weighted by molar-refractivity contribution is 7.18. The first kappa shape index (κ1) is 31.0.